The van der Waals surface area contributed by atoms with Crippen LogP contribution in [0.25, 0.3) is 0 Å². The van der Waals surface area contributed by atoms with E-state index in [0.29, 0.717) is 18.6 Å². The van der Waals surface area contributed by atoms with Gasteiger partial charge in [-0.1, -0.05) is 0 Å². The summed E-state index contributed by atoms with van der Waals surface area (Å²) < 4.78 is 27.2. The molecule has 0 bridgehead atoms. The van der Waals surface area contributed by atoms with Crippen molar-refractivity contribution >= 4 is 19.7 Å². The van der Waals surface area contributed by atoms with E-state index in [1.807, 2.05) is 13.8 Å². The summed E-state index contributed by atoms with van der Waals surface area (Å²) in [4.78, 5) is 0. The minimum atomic E-state index is -3.38. The fourth-order valence-corrected chi connectivity index (χ4v) is 2.85. The van der Waals surface area contributed by atoms with E-state index in [2.05, 4.69) is 6.07 Å². The summed E-state index contributed by atoms with van der Waals surface area (Å²) in [7, 11) is 1.74. The molecule has 1 aromatic carbocycles. The number of nitrogens with zero attached hydrogens (tertiary/aromatic N) is 1. The summed E-state index contributed by atoms with van der Waals surface area (Å²) in [5.74, 6) is 0.803. The third-order valence-electron chi connectivity index (χ3n) is 2.87. The van der Waals surface area contributed by atoms with Crippen LogP contribution in [0.5, 0.6) is 5.75 Å². The molecule has 1 aromatic rings. The van der Waals surface area contributed by atoms with Crippen LogP contribution in [0.2, 0.25) is 0 Å². The van der Waals surface area contributed by atoms with E-state index in [1.165, 1.54) is 0 Å². The van der Waals surface area contributed by atoms with Gasteiger partial charge in [0.2, 0.25) is 9.05 Å². The lowest BCUT2D eigenvalue weighted by Gasteiger charge is -2.12. The maximum absolute atomic E-state index is 10.7. The van der Waals surface area contributed by atoms with Crippen LogP contribution in [0.3, 0.4) is 0 Å². The quantitative estimate of drug-likeness (QED) is 0.572. The lowest BCUT2D eigenvalue weighted by molar-refractivity contribution is 0.302. The summed E-state index contributed by atoms with van der Waals surface area (Å²) >= 11 is 0. The highest BCUT2D eigenvalue weighted by Crippen LogP contribution is 2.24. The van der Waals surface area contributed by atoms with Gasteiger partial charge in [-0.15, -0.1) is 0 Å². The van der Waals surface area contributed by atoms with Crippen LogP contribution in [0.4, 0.5) is 0 Å². The predicted octanol–water partition coefficient (Wildman–Crippen LogP) is 3.29. The van der Waals surface area contributed by atoms with Crippen LogP contribution in [-0.2, 0) is 9.05 Å². The van der Waals surface area contributed by atoms with Gasteiger partial charge in [0.05, 0.1) is 24.0 Å². The van der Waals surface area contributed by atoms with Crippen LogP contribution < -0.4 is 4.74 Å². The Bertz CT molecular complexity index is 582. The summed E-state index contributed by atoms with van der Waals surface area (Å²) in [5.41, 5.74) is 2.49. The van der Waals surface area contributed by atoms with E-state index in [4.69, 9.17) is 20.7 Å². The van der Waals surface area contributed by atoms with Gasteiger partial charge in [-0.25, -0.2) is 8.42 Å². The second-order valence-corrected chi connectivity index (χ2v) is 7.60. The van der Waals surface area contributed by atoms with E-state index in [0.717, 1.165) is 29.7 Å². The molecule has 0 fully saturated rings. The Morgan fingerprint density at radius 2 is 1.80 bits per heavy atom. The Labute approximate surface area is 124 Å². The number of unbranched alkanes of at least 4 members (excludes halogenated alkanes) is 2. The summed E-state index contributed by atoms with van der Waals surface area (Å²) in [6.45, 7) is 4.34. The maximum atomic E-state index is 10.7. The minimum Gasteiger partial charge on any atom is -0.493 e. The molecule has 0 atom stereocenters. The zero-order valence-electron chi connectivity index (χ0n) is 11.6. The lowest BCUT2D eigenvalue weighted by atomic mass is 10.1. The smallest absolute Gasteiger partial charge is 0.232 e. The van der Waals surface area contributed by atoms with Gasteiger partial charge in [-0.2, -0.15) is 5.26 Å². The van der Waals surface area contributed by atoms with Crippen molar-refractivity contribution in [1.82, 2.24) is 0 Å². The molecule has 0 unspecified atom stereocenters. The molecule has 0 aliphatic rings. The molecule has 0 spiro atoms. The summed E-state index contributed by atoms with van der Waals surface area (Å²) in [5, 5.41) is 8.87. The summed E-state index contributed by atoms with van der Waals surface area (Å²) in [6, 6.07) is 5.70. The van der Waals surface area contributed by atoms with Gasteiger partial charge in [0, 0.05) is 10.7 Å². The van der Waals surface area contributed by atoms with Crippen molar-refractivity contribution in [1.29, 1.82) is 5.26 Å². The van der Waals surface area contributed by atoms with E-state index >= 15 is 0 Å². The number of aryl methyl sites for hydroxylation is 2. The molecule has 0 aliphatic heterocycles. The molecule has 110 valence electrons. The third kappa shape index (κ3) is 5.81. The van der Waals surface area contributed by atoms with Crippen molar-refractivity contribution in [3.05, 3.63) is 28.8 Å². The monoisotopic (exact) mass is 315 g/mol. The molecule has 4 nitrogen and oxygen atoms in total. The molecule has 0 radical (unpaired) electrons. The number of hydrogen-bond donors (Lipinski definition) is 0. The first-order valence-corrected chi connectivity index (χ1v) is 8.88. The van der Waals surface area contributed by atoms with Gasteiger partial charge in [-0.05, 0) is 56.4 Å². The van der Waals surface area contributed by atoms with Crippen molar-refractivity contribution in [3.63, 3.8) is 0 Å². The average molecular weight is 316 g/mol. The van der Waals surface area contributed by atoms with Crippen LogP contribution in [0, 0.1) is 25.2 Å². The second-order valence-electron chi connectivity index (χ2n) is 4.70. The van der Waals surface area contributed by atoms with Crippen molar-refractivity contribution in [2.24, 2.45) is 0 Å². The van der Waals surface area contributed by atoms with Crippen molar-refractivity contribution in [2.75, 3.05) is 12.4 Å². The normalized spacial score (nSPS) is 11.1. The highest BCUT2D eigenvalue weighted by Gasteiger charge is 2.07. The number of nitriles is 1. The fraction of sp³-hybridized carbons (Fsp3) is 0.500. The van der Waals surface area contributed by atoms with Crippen LogP contribution in [0.1, 0.15) is 36.0 Å². The van der Waals surface area contributed by atoms with E-state index in [1.54, 1.807) is 12.1 Å². The standard InChI is InChI=1S/C14H18ClNO3S/c1-11-8-13(10-16)9-12(2)14(11)19-6-4-3-5-7-20(15,17)18/h8-9H,3-7H2,1-2H3. The SMILES string of the molecule is Cc1cc(C#N)cc(C)c1OCCCCCS(=O)(=O)Cl. The van der Waals surface area contributed by atoms with Gasteiger partial charge >= 0.3 is 0 Å². The molecular weight excluding hydrogens is 298 g/mol. The highest BCUT2D eigenvalue weighted by molar-refractivity contribution is 8.13. The molecule has 0 amide bonds. The Hall–Kier alpha value is -1.25. The van der Waals surface area contributed by atoms with E-state index < -0.39 is 9.05 Å². The number of hydrogen-bond acceptors (Lipinski definition) is 4. The predicted molar refractivity (Wildman–Crippen MR) is 79.6 cm³/mol. The van der Waals surface area contributed by atoms with Crippen LogP contribution in [-0.4, -0.2) is 20.8 Å². The largest absolute Gasteiger partial charge is 0.493 e. The Balaban J connectivity index is 2.42. The Morgan fingerprint density at radius 1 is 1.20 bits per heavy atom. The molecule has 0 saturated carbocycles. The molecular formula is C14H18ClNO3S. The molecule has 6 heteroatoms. The van der Waals surface area contributed by atoms with Crippen molar-refractivity contribution in [3.8, 4) is 11.8 Å². The van der Waals surface area contributed by atoms with Crippen LogP contribution in [0.15, 0.2) is 12.1 Å². The maximum Gasteiger partial charge on any atom is 0.232 e. The summed E-state index contributed by atoms with van der Waals surface area (Å²) in [6.07, 6.45) is 2.06. The number of ether oxygens (including phenoxy) is 1. The molecule has 20 heavy (non-hydrogen) atoms. The Morgan fingerprint density at radius 3 is 2.30 bits per heavy atom. The van der Waals surface area contributed by atoms with E-state index in [-0.39, 0.29) is 5.75 Å². The first-order valence-electron chi connectivity index (χ1n) is 6.40. The number of rotatable bonds is 7. The van der Waals surface area contributed by atoms with Crippen LogP contribution >= 0.6 is 10.7 Å². The molecule has 0 saturated heterocycles. The van der Waals surface area contributed by atoms with Gasteiger partial charge in [0.25, 0.3) is 0 Å². The minimum absolute atomic E-state index is 0.00345. The van der Waals surface area contributed by atoms with Gasteiger partial charge in [0.15, 0.2) is 0 Å². The second kappa shape index (κ2) is 7.51. The molecule has 0 aliphatic carbocycles. The van der Waals surface area contributed by atoms with Crippen molar-refractivity contribution < 1.29 is 13.2 Å². The highest BCUT2D eigenvalue weighted by atomic mass is 35.7. The average Bonchev–Trinajstić information content (AvgIpc) is 2.34. The zero-order valence-corrected chi connectivity index (χ0v) is 13.2. The molecule has 1 rings (SSSR count). The third-order valence-corrected chi connectivity index (χ3v) is 4.11. The van der Waals surface area contributed by atoms with Gasteiger partial charge in [0.1, 0.15) is 5.75 Å². The molecule has 0 heterocycles. The first kappa shape index (κ1) is 16.8. The Kier molecular flexibility index (Phi) is 6.31. The van der Waals surface area contributed by atoms with E-state index in [9.17, 15) is 8.42 Å². The van der Waals surface area contributed by atoms with Gasteiger partial charge in [-0.3, -0.25) is 0 Å². The number of benzene rings is 1. The molecule has 0 aromatic heterocycles. The van der Waals surface area contributed by atoms with Gasteiger partial charge < -0.3 is 4.74 Å². The zero-order chi connectivity index (χ0) is 15.2. The molecule has 0 N–H and O–H groups in total. The first-order chi connectivity index (χ1) is 9.33. The number of halogens is 1. The fourth-order valence-electron chi connectivity index (χ4n) is 1.97. The topological polar surface area (TPSA) is 67.2 Å². The van der Waals surface area contributed by atoms with Crippen molar-refractivity contribution in [2.45, 2.75) is 33.1 Å². The lowest BCUT2D eigenvalue weighted by Crippen LogP contribution is -2.03.